The average molecular weight is 200 g/mol. The van der Waals surface area contributed by atoms with Crippen molar-refractivity contribution in [2.75, 3.05) is 0 Å². The van der Waals surface area contributed by atoms with E-state index in [4.69, 9.17) is 4.55 Å². The Kier molecular flexibility index (Phi) is 3.16. The summed E-state index contributed by atoms with van der Waals surface area (Å²) in [6, 6.07) is 4.66. The van der Waals surface area contributed by atoms with Gasteiger partial charge in [-0.2, -0.15) is 4.21 Å². The van der Waals surface area contributed by atoms with Crippen LogP contribution in [-0.2, 0) is 11.4 Å². The molecule has 70 valence electrons. The Morgan fingerprint density at radius 3 is 2.77 bits per heavy atom. The van der Waals surface area contributed by atoms with Crippen LogP contribution in [0.25, 0.3) is 0 Å². The second-order valence-electron chi connectivity index (χ2n) is 2.44. The second kappa shape index (κ2) is 4.15. The molecule has 0 radical (unpaired) electrons. The third-order valence-electron chi connectivity index (χ3n) is 1.51. The Balaban J connectivity index is 3.03. The highest BCUT2D eigenvalue weighted by atomic mass is 32.2. The molecule has 0 aliphatic heterocycles. The normalized spacial score (nSPS) is 12.2. The van der Waals surface area contributed by atoms with Crippen molar-refractivity contribution >= 4 is 17.6 Å². The lowest BCUT2D eigenvalue weighted by atomic mass is 10.1. The van der Waals surface area contributed by atoms with Gasteiger partial charge in [0.25, 0.3) is 0 Å². The first-order valence-electron chi connectivity index (χ1n) is 3.48. The van der Waals surface area contributed by atoms with Crippen molar-refractivity contribution in [3.63, 3.8) is 0 Å². The Morgan fingerprint density at radius 1 is 1.54 bits per heavy atom. The van der Waals surface area contributed by atoms with Crippen LogP contribution in [0.3, 0.4) is 0 Å². The molecular formula is C8H8O4S. The molecule has 0 saturated carbocycles. The fourth-order valence-corrected chi connectivity index (χ4v) is 1.19. The van der Waals surface area contributed by atoms with E-state index in [1.807, 2.05) is 0 Å². The van der Waals surface area contributed by atoms with Gasteiger partial charge in [-0.25, -0.2) is 0 Å². The SMILES string of the molecule is Cc1ccc(C=O)cc1OS(=O)O. The molecule has 1 rings (SSSR count). The summed E-state index contributed by atoms with van der Waals surface area (Å²) in [6.45, 7) is 1.72. The Bertz CT molecular complexity index is 348. The minimum absolute atomic E-state index is 0.241. The second-order valence-corrected chi connectivity index (χ2v) is 3.04. The van der Waals surface area contributed by atoms with Gasteiger partial charge in [0.2, 0.25) is 0 Å². The first-order chi connectivity index (χ1) is 6.13. The summed E-state index contributed by atoms with van der Waals surface area (Å²) in [5.74, 6) is 0.241. The van der Waals surface area contributed by atoms with Crippen molar-refractivity contribution in [2.24, 2.45) is 0 Å². The van der Waals surface area contributed by atoms with Gasteiger partial charge in [0.05, 0.1) is 0 Å². The van der Waals surface area contributed by atoms with E-state index in [2.05, 4.69) is 4.18 Å². The molecule has 4 nitrogen and oxygen atoms in total. The lowest BCUT2D eigenvalue weighted by molar-refractivity contribution is 0.112. The van der Waals surface area contributed by atoms with Gasteiger partial charge in [-0.1, -0.05) is 12.1 Å². The minimum Gasteiger partial charge on any atom is -0.380 e. The third-order valence-corrected chi connectivity index (χ3v) is 1.83. The topological polar surface area (TPSA) is 63.6 Å². The summed E-state index contributed by atoms with van der Waals surface area (Å²) in [4.78, 5) is 10.4. The molecule has 13 heavy (non-hydrogen) atoms. The van der Waals surface area contributed by atoms with Gasteiger partial charge in [-0.3, -0.25) is 9.35 Å². The molecule has 1 aromatic rings. The monoisotopic (exact) mass is 200 g/mol. The summed E-state index contributed by atoms with van der Waals surface area (Å²) in [5.41, 5.74) is 1.11. The summed E-state index contributed by atoms with van der Waals surface area (Å²) >= 11 is -2.35. The standard InChI is InChI=1S/C8H8O4S/c1-6-2-3-7(5-9)4-8(6)12-13(10)11/h2-5H,1H3,(H,10,11). The molecule has 0 heterocycles. The Morgan fingerprint density at radius 2 is 2.23 bits per heavy atom. The maximum Gasteiger partial charge on any atom is 0.357 e. The maximum atomic E-state index is 10.4. The number of carbonyl (C=O) groups is 1. The van der Waals surface area contributed by atoms with Crippen LogP contribution < -0.4 is 4.18 Å². The van der Waals surface area contributed by atoms with Crippen molar-refractivity contribution in [1.29, 1.82) is 0 Å². The van der Waals surface area contributed by atoms with Crippen LogP contribution in [0.5, 0.6) is 5.75 Å². The van der Waals surface area contributed by atoms with Crippen LogP contribution in [0.15, 0.2) is 18.2 Å². The molecule has 0 bridgehead atoms. The molecule has 0 saturated heterocycles. The summed E-state index contributed by atoms with van der Waals surface area (Å²) < 4.78 is 23.3. The predicted molar refractivity (Wildman–Crippen MR) is 48.0 cm³/mol. The third kappa shape index (κ3) is 2.64. The number of hydrogen-bond donors (Lipinski definition) is 1. The number of aldehydes is 1. The van der Waals surface area contributed by atoms with E-state index in [9.17, 15) is 9.00 Å². The molecule has 1 unspecified atom stereocenters. The van der Waals surface area contributed by atoms with Crippen molar-refractivity contribution in [2.45, 2.75) is 6.92 Å². The van der Waals surface area contributed by atoms with E-state index >= 15 is 0 Å². The highest BCUT2D eigenvalue weighted by molar-refractivity contribution is 7.74. The molecule has 1 aromatic carbocycles. The molecule has 5 heteroatoms. The van der Waals surface area contributed by atoms with Gasteiger partial charge in [-0.15, -0.1) is 0 Å². The van der Waals surface area contributed by atoms with Gasteiger partial charge >= 0.3 is 11.4 Å². The molecule has 0 fully saturated rings. The molecule has 1 atom stereocenters. The first-order valence-corrected chi connectivity index (χ1v) is 4.51. The largest absolute Gasteiger partial charge is 0.380 e. The van der Waals surface area contributed by atoms with Crippen LogP contribution in [0.1, 0.15) is 15.9 Å². The van der Waals surface area contributed by atoms with Gasteiger partial charge in [0.1, 0.15) is 12.0 Å². The first kappa shape index (κ1) is 9.88. The number of hydrogen-bond acceptors (Lipinski definition) is 3. The lowest BCUT2D eigenvalue weighted by Gasteiger charge is -2.03. The summed E-state index contributed by atoms with van der Waals surface area (Å²) in [6.07, 6.45) is 0.645. The smallest absolute Gasteiger partial charge is 0.357 e. The van der Waals surface area contributed by atoms with Crippen LogP contribution >= 0.6 is 0 Å². The number of carbonyl (C=O) groups excluding carboxylic acids is 1. The highest BCUT2D eigenvalue weighted by Crippen LogP contribution is 2.19. The molecule has 0 aliphatic rings. The molecular weight excluding hydrogens is 192 g/mol. The Labute approximate surface area is 78.0 Å². The summed E-state index contributed by atoms with van der Waals surface area (Å²) in [5, 5.41) is 0. The van der Waals surface area contributed by atoms with E-state index in [1.54, 1.807) is 19.1 Å². The predicted octanol–water partition coefficient (Wildman–Crippen LogP) is 1.32. The van der Waals surface area contributed by atoms with Crippen molar-refractivity contribution < 1.29 is 17.7 Å². The maximum absolute atomic E-state index is 10.4. The Hall–Kier alpha value is -1.20. The van der Waals surface area contributed by atoms with E-state index in [-0.39, 0.29) is 5.75 Å². The fourth-order valence-electron chi connectivity index (χ4n) is 0.857. The molecule has 0 amide bonds. The quantitative estimate of drug-likeness (QED) is 0.590. The zero-order valence-corrected chi connectivity index (χ0v) is 7.71. The fraction of sp³-hybridized carbons (Fsp3) is 0.125. The zero-order chi connectivity index (χ0) is 9.84. The van der Waals surface area contributed by atoms with Crippen molar-refractivity contribution in [1.82, 2.24) is 0 Å². The highest BCUT2D eigenvalue weighted by Gasteiger charge is 2.03. The molecule has 0 aliphatic carbocycles. The lowest BCUT2D eigenvalue weighted by Crippen LogP contribution is -1.99. The van der Waals surface area contributed by atoms with Crippen LogP contribution in [0.2, 0.25) is 0 Å². The van der Waals surface area contributed by atoms with E-state index in [0.29, 0.717) is 17.4 Å². The van der Waals surface area contributed by atoms with E-state index in [0.717, 1.165) is 0 Å². The van der Waals surface area contributed by atoms with E-state index in [1.165, 1.54) is 6.07 Å². The van der Waals surface area contributed by atoms with Gasteiger partial charge in [0, 0.05) is 5.56 Å². The number of aryl methyl sites for hydroxylation is 1. The van der Waals surface area contributed by atoms with E-state index < -0.39 is 11.4 Å². The van der Waals surface area contributed by atoms with Crippen molar-refractivity contribution in [3.05, 3.63) is 29.3 Å². The van der Waals surface area contributed by atoms with Crippen molar-refractivity contribution in [3.8, 4) is 5.75 Å². The molecule has 0 aromatic heterocycles. The molecule has 1 N–H and O–H groups in total. The van der Waals surface area contributed by atoms with Crippen LogP contribution in [-0.4, -0.2) is 15.0 Å². The molecule has 0 spiro atoms. The van der Waals surface area contributed by atoms with Crippen LogP contribution in [0.4, 0.5) is 0 Å². The average Bonchev–Trinajstić information content (AvgIpc) is 2.08. The minimum atomic E-state index is -2.35. The van der Waals surface area contributed by atoms with Gasteiger partial charge in [0.15, 0.2) is 0 Å². The zero-order valence-electron chi connectivity index (χ0n) is 6.89. The van der Waals surface area contributed by atoms with Crippen LogP contribution in [0, 0.1) is 6.92 Å². The summed E-state index contributed by atoms with van der Waals surface area (Å²) in [7, 11) is 0. The number of rotatable bonds is 3. The van der Waals surface area contributed by atoms with Gasteiger partial charge in [-0.05, 0) is 18.6 Å². The van der Waals surface area contributed by atoms with Gasteiger partial charge < -0.3 is 4.18 Å². The number of benzene rings is 1.